The third-order valence-electron chi connectivity index (χ3n) is 10.3. The Bertz CT molecular complexity index is 3020. The van der Waals surface area contributed by atoms with Crippen molar-refractivity contribution in [1.29, 1.82) is 0 Å². The van der Waals surface area contributed by atoms with Gasteiger partial charge in [0.2, 0.25) is 5.89 Å². The summed E-state index contributed by atoms with van der Waals surface area (Å²) in [6.45, 7) is 0. The van der Waals surface area contributed by atoms with Gasteiger partial charge >= 0.3 is 0 Å². The van der Waals surface area contributed by atoms with Gasteiger partial charge in [-0.3, -0.25) is 0 Å². The molecular weight excluding hydrogens is 641 g/mol. The van der Waals surface area contributed by atoms with Gasteiger partial charge in [0.05, 0.1) is 0 Å². The molecule has 7 aromatic carbocycles. The van der Waals surface area contributed by atoms with Gasteiger partial charge in [0.15, 0.2) is 5.58 Å². The van der Waals surface area contributed by atoms with E-state index < -0.39 is 0 Å². The topological polar surface area (TPSA) is 55.6 Å². The second-order valence-corrected chi connectivity index (χ2v) is 13.5. The van der Waals surface area contributed by atoms with E-state index in [1.807, 2.05) is 24.3 Å². The lowest BCUT2D eigenvalue weighted by Crippen LogP contribution is -2.09. The van der Waals surface area contributed by atoms with E-state index in [0.717, 1.165) is 102 Å². The van der Waals surface area contributed by atoms with Gasteiger partial charge in [-0.05, 0) is 89.7 Å². The van der Waals surface area contributed by atoms with E-state index in [4.69, 9.17) is 18.2 Å². The number of allylic oxidation sites excluding steroid dienone is 1. The van der Waals surface area contributed by atoms with Crippen molar-refractivity contribution in [3.63, 3.8) is 0 Å². The van der Waals surface area contributed by atoms with Gasteiger partial charge in [-0.25, -0.2) is 4.98 Å². The zero-order chi connectivity index (χ0) is 34.2. The van der Waals surface area contributed by atoms with E-state index in [0.29, 0.717) is 5.89 Å². The zero-order valence-electron chi connectivity index (χ0n) is 28.0. The number of aryl methyl sites for hydroxylation is 1. The molecule has 52 heavy (non-hydrogen) atoms. The molecule has 246 valence electrons. The second-order valence-electron chi connectivity index (χ2n) is 13.5. The minimum Gasteiger partial charge on any atom is -0.460 e. The molecule has 0 spiro atoms. The third-order valence-corrected chi connectivity index (χ3v) is 10.3. The van der Waals surface area contributed by atoms with Gasteiger partial charge in [-0.2, -0.15) is 0 Å². The second kappa shape index (κ2) is 11.3. The van der Waals surface area contributed by atoms with Gasteiger partial charge in [0, 0.05) is 62.2 Å². The maximum atomic E-state index is 6.60. The average molecular weight is 671 g/mol. The number of rotatable bonds is 5. The summed E-state index contributed by atoms with van der Waals surface area (Å²) in [6, 6.07) is 50.6. The fourth-order valence-corrected chi connectivity index (χ4v) is 7.77. The van der Waals surface area contributed by atoms with Crippen molar-refractivity contribution in [1.82, 2.24) is 4.98 Å². The van der Waals surface area contributed by atoms with E-state index in [-0.39, 0.29) is 0 Å². The quantitative estimate of drug-likeness (QED) is 0.182. The first kappa shape index (κ1) is 28.9. The van der Waals surface area contributed by atoms with Crippen LogP contribution in [0.3, 0.4) is 0 Å². The van der Waals surface area contributed by atoms with E-state index >= 15 is 0 Å². The molecule has 11 rings (SSSR count). The SMILES string of the molecule is C1=Cc2c(oc3ccc(N(c4ccc5c(c4)oc4ccccc45)c4ccc5ccc6nc(-c7ccc(-c8ccccc8)cc7)oc6c5c4)cc23)CC1. The first-order valence-corrected chi connectivity index (χ1v) is 17.7. The Kier molecular flexibility index (Phi) is 6.31. The molecule has 0 saturated carbocycles. The maximum Gasteiger partial charge on any atom is 0.227 e. The molecule has 0 fully saturated rings. The lowest BCUT2D eigenvalue weighted by Gasteiger charge is -2.26. The van der Waals surface area contributed by atoms with Gasteiger partial charge in [-0.15, -0.1) is 0 Å². The van der Waals surface area contributed by atoms with Crippen molar-refractivity contribution in [2.75, 3.05) is 4.90 Å². The molecule has 0 N–H and O–H groups in total. The van der Waals surface area contributed by atoms with Crippen LogP contribution in [-0.4, -0.2) is 4.98 Å². The molecule has 0 atom stereocenters. The molecule has 0 bridgehead atoms. The number of anilines is 3. The van der Waals surface area contributed by atoms with Crippen LogP contribution in [0.15, 0.2) is 165 Å². The first-order chi connectivity index (χ1) is 25.7. The first-order valence-electron chi connectivity index (χ1n) is 17.7. The summed E-state index contributed by atoms with van der Waals surface area (Å²) in [6.07, 6.45) is 6.34. The van der Waals surface area contributed by atoms with E-state index in [2.05, 4.69) is 138 Å². The number of hydrogen-bond donors (Lipinski definition) is 0. The van der Waals surface area contributed by atoms with Gasteiger partial charge in [0.1, 0.15) is 28.0 Å². The van der Waals surface area contributed by atoms with E-state index in [9.17, 15) is 0 Å². The number of furan rings is 2. The number of aromatic nitrogens is 1. The number of oxazole rings is 1. The molecule has 5 nitrogen and oxygen atoms in total. The van der Waals surface area contributed by atoms with Crippen molar-refractivity contribution in [3.8, 4) is 22.6 Å². The largest absolute Gasteiger partial charge is 0.460 e. The fraction of sp³-hybridized carbons (Fsp3) is 0.0426. The van der Waals surface area contributed by atoms with Crippen molar-refractivity contribution >= 4 is 77.9 Å². The van der Waals surface area contributed by atoms with Crippen molar-refractivity contribution < 1.29 is 13.3 Å². The zero-order valence-corrected chi connectivity index (χ0v) is 28.0. The normalized spacial score (nSPS) is 12.8. The molecule has 3 heterocycles. The molecule has 3 aromatic heterocycles. The number of para-hydroxylation sites is 1. The summed E-state index contributed by atoms with van der Waals surface area (Å²) < 4.78 is 19.3. The Labute approximate surface area is 298 Å². The highest BCUT2D eigenvalue weighted by molar-refractivity contribution is 6.08. The van der Waals surface area contributed by atoms with Crippen LogP contribution in [0.4, 0.5) is 17.1 Å². The van der Waals surface area contributed by atoms with Crippen LogP contribution in [0.25, 0.3) is 83.4 Å². The number of hydrogen-bond acceptors (Lipinski definition) is 5. The summed E-state index contributed by atoms with van der Waals surface area (Å²) in [5, 5.41) is 5.39. The van der Waals surface area contributed by atoms with Gasteiger partial charge < -0.3 is 18.2 Å². The Balaban J connectivity index is 1.07. The van der Waals surface area contributed by atoms with Gasteiger partial charge in [0.25, 0.3) is 0 Å². The predicted octanol–water partition coefficient (Wildman–Crippen LogP) is 13.4. The lowest BCUT2D eigenvalue weighted by atomic mass is 10.0. The smallest absolute Gasteiger partial charge is 0.227 e. The minimum absolute atomic E-state index is 0.600. The number of fused-ring (bicyclic) bond motifs is 9. The standard InChI is InChI=1S/C47H30N2O3/c1-2-8-29(9-3-1)30-14-16-32(17-15-30)47-48-41-24-19-31-18-20-33(26-39(31)46(41)52-47)49(34-22-25-44-40(27-34)37-11-5-7-13-43(37)50-44)35-21-23-38-36-10-4-6-12-42(36)51-45(38)28-35/h1-6,8-12,14-28H,7,13H2. The molecular formula is C47H30N2O3. The van der Waals surface area contributed by atoms with Crippen LogP contribution >= 0.6 is 0 Å². The Morgan fingerprint density at radius 1 is 0.500 bits per heavy atom. The number of benzene rings is 7. The van der Waals surface area contributed by atoms with Crippen LogP contribution in [0, 0.1) is 0 Å². The van der Waals surface area contributed by atoms with E-state index in [1.165, 1.54) is 11.1 Å². The van der Waals surface area contributed by atoms with Gasteiger partial charge in [-0.1, -0.05) is 84.9 Å². The summed E-state index contributed by atoms with van der Waals surface area (Å²) in [5.41, 5.74) is 11.6. The molecule has 1 aliphatic rings. The van der Waals surface area contributed by atoms with Crippen molar-refractivity contribution in [3.05, 3.63) is 163 Å². The van der Waals surface area contributed by atoms with Crippen molar-refractivity contribution in [2.24, 2.45) is 0 Å². The summed E-state index contributed by atoms with van der Waals surface area (Å²) >= 11 is 0. The third kappa shape index (κ3) is 4.60. The summed E-state index contributed by atoms with van der Waals surface area (Å²) in [7, 11) is 0. The molecule has 10 aromatic rings. The van der Waals surface area contributed by atoms with Crippen LogP contribution in [-0.2, 0) is 6.42 Å². The minimum atomic E-state index is 0.600. The maximum absolute atomic E-state index is 6.60. The molecule has 1 aliphatic carbocycles. The molecule has 0 saturated heterocycles. The number of nitrogens with zero attached hydrogens (tertiary/aromatic N) is 2. The molecule has 0 unspecified atom stereocenters. The fourth-order valence-electron chi connectivity index (χ4n) is 7.77. The van der Waals surface area contributed by atoms with Crippen LogP contribution < -0.4 is 4.90 Å². The molecule has 5 heteroatoms. The molecule has 0 amide bonds. The van der Waals surface area contributed by atoms with Crippen LogP contribution in [0.1, 0.15) is 17.7 Å². The van der Waals surface area contributed by atoms with E-state index in [1.54, 1.807) is 0 Å². The van der Waals surface area contributed by atoms with Crippen LogP contribution in [0.2, 0.25) is 0 Å². The van der Waals surface area contributed by atoms with Crippen LogP contribution in [0.5, 0.6) is 0 Å². The highest BCUT2D eigenvalue weighted by Gasteiger charge is 2.21. The monoisotopic (exact) mass is 670 g/mol. The summed E-state index contributed by atoms with van der Waals surface area (Å²) in [4.78, 5) is 7.23. The highest BCUT2D eigenvalue weighted by atomic mass is 16.3. The Morgan fingerprint density at radius 3 is 2.10 bits per heavy atom. The Morgan fingerprint density at radius 2 is 1.19 bits per heavy atom. The Hall–Kier alpha value is -6.85. The molecule has 0 aliphatic heterocycles. The average Bonchev–Trinajstić information content (AvgIpc) is 3.92. The lowest BCUT2D eigenvalue weighted by molar-refractivity contribution is 0.546. The molecule has 0 radical (unpaired) electrons. The predicted molar refractivity (Wildman–Crippen MR) is 211 cm³/mol. The van der Waals surface area contributed by atoms with Crippen molar-refractivity contribution in [2.45, 2.75) is 12.8 Å². The highest BCUT2D eigenvalue weighted by Crippen LogP contribution is 2.43. The summed E-state index contributed by atoms with van der Waals surface area (Å²) in [5.74, 6) is 1.65.